The van der Waals surface area contributed by atoms with Gasteiger partial charge in [0.15, 0.2) is 0 Å². The number of rotatable bonds is 3. The van der Waals surface area contributed by atoms with E-state index in [2.05, 4.69) is 87.4 Å². The summed E-state index contributed by atoms with van der Waals surface area (Å²) >= 11 is 7.06. The molecule has 18 heavy (non-hydrogen) atoms. The van der Waals surface area contributed by atoms with Crippen LogP contribution in [0, 0.1) is 13.8 Å². The van der Waals surface area contributed by atoms with Gasteiger partial charge in [-0.1, -0.05) is 50.1 Å². The quantitative estimate of drug-likeness (QED) is 0.760. The lowest BCUT2D eigenvalue weighted by molar-refractivity contribution is 1.13. The van der Waals surface area contributed by atoms with Crippen LogP contribution in [-0.2, 0) is 6.54 Å². The van der Waals surface area contributed by atoms with Gasteiger partial charge in [-0.25, -0.2) is 0 Å². The Balaban J connectivity index is 2.11. The molecule has 0 saturated heterocycles. The maximum Gasteiger partial charge on any atom is 0.0401 e. The third-order valence-corrected chi connectivity index (χ3v) is 4.27. The van der Waals surface area contributed by atoms with Gasteiger partial charge in [0.05, 0.1) is 0 Å². The Morgan fingerprint density at radius 2 is 1.67 bits per heavy atom. The number of hydrogen-bond donors (Lipinski definition) is 1. The molecule has 0 aliphatic carbocycles. The van der Waals surface area contributed by atoms with Crippen molar-refractivity contribution in [2.24, 2.45) is 0 Å². The van der Waals surface area contributed by atoms with Crippen LogP contribution in [0.4, 0.5) is 5.69 Å². The highest BCUT2D eigenvalue weighted by Crippen LogP contribution is 2.22. The molecule has 0 saturated carbocycles. The van der Waals surface area contributed by atoms with Crippen LogP contribution in [0.2, 0.25) is 0 Å². The monoisotopic (exact) mass is 367 g/mol. The third-order valence-electron chi connectivity index (χ3n) is 2.92. The van der Waals surface area contributed by atoms with Crippen LogP contribution >= 0.6 is 31.9 Å². The van der Waals surface area contributed by atoms with Crippen molar-refractivity contribution in [3.05, 3.63) is 62.0 Å². The first kappa shape index (κ1) is 13.6. The average molecular weight is 369 g/mol. The molecule has 2 aromatic rings. The molecule has 1 nitrogen and oxygen atoms in total. The number of anilines is 1. The highest BCUT2D eigenvalue weighted by atomic mass is 79.9. The van der Waals surface area contributed by atoms with Gasteiger partial charge in [0, 0.05) is 21.2 Å². The second-order valence-electron chi connectivity index (χ2n) is 4.40. The lowest BCUT2D eigenvalue weighted by Crippen LogP contribution is -2.01. The zero-order valence-electron chi connectivity index (χ0n) is 10.4. The molecule has 0 aliphatic heterocycles. The zero-order valence-corrected chi connectivity index (χ0v) is 13.6. The first-order valence-corrected chi connectivity index (χ1v) is 7.40. The van der Waals surface area contributed by atoms with Crippen LogP contribution in [0.1, 0.15) is 16.7 Å². The maximum absolute atomic E-state index is 3.56. The topological polar surface area (TPSA) is 12.0 Å². The van der Waals surface area contributed by atoms with Gasteiger partial charge in [0.2, 0.25) is 0 Å². The van der Waals surface area contributed by atoms with Gasteiger partial charge < -0.3 is 5.32 Å². The number of aryl methyl sites for hydroxylation is 2. The molecule has 2 rings (SSSR count). The third kappa shape index (κ3) is 3.36. The largest absolute Gasteiger partial charge is 0.381 e. The molecule has 94 valence electrons. The highest BCUT2D eigenvalue weighted by molar-refractivity contribution is 9.10. The van der Waals surface area contributed by atoms with Gasteiger partial charge in [-0.2, -0.15) is 0 Å². The van der Waals surface area contributed by atoms with Crippen LogP contribution < -0.4 is 5.32 Å². The summed E-state index contributed by atoms with van der Waals surface area (Å²) in [7, 11) is 0. The summed E-state index contributed by atoms with van der Waals surface area (Å²) in [5.74, 6) is 0. The van der Waals surface area contributed by atoms with Crippen LogP contribution in [0.5, 0.6) is 0 Å². The van der Waals surface area contributed by atoms with E-state index in [0.717, 1.165) is 15.5 Å². The average Bonchev–Trinajstić information content (AvgIpc) is 2.34. The van der Waals surface area contributed by atoms with Crippen molar-refractivity contribution in [3.63, 3.8) is 0 Å². The number of hydrogen-bond acceptors (Lipinski definition) is 1. The molecule has 2 aromatic carbocycles. The summed E-state index contributed by atoms with van der Waals surface area (Å²) in [6.07, 6.45) is 0. The Labute approximate surface area is 125 Å². The van der Waals surface area contributed by atoms with E-state index in [0.29, 0.717) is 0 Å². The Hall–Kier alpha value is -0.800. The fraction of sp³-hybridized carbons (Fsp3) is 0.200. The van der Waals surface area contributed by atoms with Crippen molar-refractivity contribution in [2.75, 3.05) is 5.32 Å². The minimum Gasteiger partial charge on any atom is -0.381 e. The smallest absolute Gasteiger partial charge is 0.0401 e. The first-order chi connectivity index (χ1) is 8.56. The Morgan fingerprint density at radius 3 is 2.39 bits per heavy atom. The van der Waals surface area contributed by atoms with E-state index in [-0.39, 0.29) is 0 Å². The summed E-state index contributed by atoms with van der Waals surface area (Å²) in [6, 6.07) is 12.7. The van der Waals surface area contributed by atoms with Crippen molar-refractivity contribution in [3.8, 4) is 0 Å². The minimum atomic E-state index is 0.830. The van der Waals surface area contributed by atoms with Crippen molar-refractivity contribution in [2.45, 2.75) is 20.4 Å². The molecule has 0 atom stereocenters. The molecule has 0 amide bonds. The molecule has 0 spiro atoms. The molecule has 0 aromatic heterocycles. The SMILES string of the molecule is Cc1ccc(CNc2cc(Br)ccc2C)cc1Br. The van der Waals surface area contributed by atoms with Crippen LogP contribution in [0.3, 0.4) is 0 Å². The second-order valence-corrected chi connectivity index (χ2v) is 6.17. The van der Waals surface area contributed by atoms with E-state index >= 15 is 0 Å². The standard InChI is InChI=1S/C15H15Br2N/c1-10-3-5-12(7-14(10)17)9-18-15-8-13(16)6-4-11(15)2/h3-8,18H,9H2,1-2H3. The molecule has 0 heterocycles. The van der Waals surface area contributed by atoms with E-state index in [1.807, 2.05) is 0 Å². The van der Waals surface area contributed by atoms with Crippen LogP contribution in [-0.4, -0.2) is 0 Å². The van der Waals surface area contributed by atoms with Crippen molar-refractivity contribution >= 4 is 37.5 Å². The first-order valence-electron chi connectivity index (χ1n) is 5.81. The Bertz CT molecular complexity index is 564. The number of benzene rings is 2. The predicted molar refractivity (Wildman–Crippen MR) is 85.1 cm³/mol. The van der Waals surface area contributed by atoms with Gasteiger partial charge in [-0.05, 0) is 48.7 Å². The fourth-order valence-electron chi connectivity index (χ4n) is 1.73. The normalized spacial score (nSPS) is 10.4. The van der Waals surface area contributed by atoms with Gasteiger partial charge in [-0.15, -0.1) is 0 Å². The summed E-state index contributed by atoms with van der Waals surface area (Å²) in [4.78, 5) is 0. The Morgan fingerprint density at radius 1 is 0.944 bits per heavy atom. The molecule has 3 heteroatoms. The van der Waals surface area contributed by atoms with Crippen LogP contribution in [0.15, 0.2) is 45.3 Å². The number of nitrogens with one attached hydrogen (secondary N) is 1. The summed E-state index contributed by atoms with van der Waals surface area (Å²) in [6.45, 7) is 5.04. The fourth-order valence-corrected chi connectivity index (χ4v) is 2.52. The predicted octanol–water partition coefficient (Wildman–Crippen LogP) is 5.44. The molecule has 0 fully saturated rings. The number of halogens is 2. The lowest BCUT2D eigenvalue weighted by atomic mass is 10.1. The van der Waals surface area contributed by atoms with Gasteiger partial charge in [0.25, 0.3) is 0 Å². The lowest BCUT2D eigenvalue weighted by Gasteiger charge is -2.11. The zero-order chi connectivity index (χ0) is 13.1. The van der Waals surface area contributed by atoms with Crippen molar-refractivity contribution in [1.29, 1.82) is 0 Å². The summed E-state index contributed by atoms with van der Waals surface area (Å²) in [5, 5.41) is 3.47. The molecular formula is C15H15Br2N. The summed E-state index contributed by atoms with van der Waals surface area (Å²) < 4.78 is 2.26. The van der Waals surface area contributed by atoms with E-state index in [1.54, 1.807) is 0 Å². The Kier molecular flexibility index (Phi) is 4.46. The van der Waals surface area contributed by atoms with E-state index in [1.165, 1.54) is 22.4 Å². The van der Waals surface area contributed by atoms with Crippen LogP contribution in [0.25, 0.3) is 0 Å². The van der Waals surface area contributed by atoms with Gasteiger partial charge in [0.1, 0.15) is 0 Å². The van der Waals surface area contributed by atoms with Crippen molar-refractivity contribution < 1.29 is 0 Å². The second kappa shape index (κ2) is 5.89. The van der Waals surface area contributed by atoms with Gasteiger partial charge in [-0.3, -0.25) is 0 Å². The van der Waals surface area contributed by atoms with Gasteiger partial charge >= 0.3 is 0 Å². The van der Waals surface area contributed by atoms with Crippen molar-refractivity contribution in [1.82, 2.24) is 0 Å². The molecule has 0 unspecified atom stereocenters. The maximum atomic E-state index is 3.56. The molecular weight excluding hydrogens is 354 g/mol. The summed E-state index contributed by atoms with van der Waals surface area (Å²) in [5.41, 5.74) is 4.95. The molecule has 0 radical (unpaired) electrons. The van der Waals surface area contributed by atoms with E-state index in [9.17, 15) is 0 Å². The molecule has 1 N–H and O–H groups in total. The highest BCUT2D eigenvalue weighted by Gasteiger charge is 2.01. The minimum absolute atomic E-state index is 0.830. The van der Waals surface area contributed by atoms with E-state index in [4.69, 9.17) is 0 Å². The molecule has 0 bridgehead atoms. The van der Waals surface area contributed by atoms with E-state index < -0.39 is 0 Å². The molecule has 0 aliphatic rings.